The number of amides is 1. The second-order valence-electron chi connectivity index (χ2n) is 6.20. The first-order chi connectivity index (χ1) is 14.2. The highest BCUT2D eigenvalue weighted by Gasteiger charge is 2.07. The van der Waals surface area contributed by atoms with E-state index in [2.05, 4.69) is 21.7 Å². The number of methoxy groups -OCH3 is 1. The number of furan rings is 1. The summed E-state index contributed by atoms with van der Waals surface area (Å²) in [6.45, 7) is 0. The second kappa shape index (κ2) is 8.89. The fraction of sp³-hybridized carbons (Fsp3) is 0.0909. The lowest BCUT2D eigenvalue weighted by Crippen LogP contribution is -2.07. The third kappa shape index (κ3) is 5.01. The van der Waals surface area contributed by atoms with Crippen LogP contribution in [-0.4, -0.2) is 18.0 Å². The average molecular weight is 423 g/mol. The summed E-state index contributed by atoms with van der Waals surface area (Å²) < 4.78 is 10.5. The number of hydrogen-bond donors (Lipinski definition) is 1. The van der Waals surface area contributed by atoms with Gasteiger partial charge < -0.3 is 9.15 Å². The van der Waals surface area contributed by atoms with E-state index < -0.39 is 0 Å². The Morgan fingerprint density at radius 3 is 2.83 bits per heavy atom. The maximum atomic E-state index is 12.2. The first kappa shape index (κ1) is 19.2. The summed E-state index contributed by atoms with van der Waals surface area (Å²) in [5, 5.41) is 7.37. The van der Waals surface area contributed by atoms with Crippen molar-refractivity contribution in [2.45, 2.75) is 6.42 Å². The van der Waals surface area contributed by atoms with Gasteiger partial charge in [0.1, 0.15) is 11.5 Å². The number of carbonyl (C=O) groups excluding carboxylic acids is 1. The van der Waals surface area contributed by atoms with Crippen molar-refractivity contribution < 1.29 is 13.9 Å². The Kier molecular flexibility index (Phi) is 5.88. The highest BCUT2D eigenvalue weighted by Crippen LogP contribution is 2.26. The number of aromatic nitrogens is 1. The SMILES string of the molecule is COc1ccc(-c2csc(NC(=O)C=Cc3cc(Cc4ccco4)cs3)n2)cc1. The van der Waals surface area contributed by atoms with Gasteiger partial charge in [-0.25, -0.2) is 4.98 Å². The minimum atomic E-state index is -0.207. The fourth-order valence-electron chi connectivity index (χ4n) is 2.72. The summed E-state index contributed by atoms with van der Waals surface area (Å²) in [6, 6.07) is 13.5. The number of benzene rings is 1. The normalized spacial score (nSPS) is 11.1. The summed E-state index contributed by atoms with van der Waals surface area (Å²) in [4.78, 5) is 17.7. The molecule has 5 nitrogen and oxygen atoms in total. The number of thiophene rings is 1. The first-order valence-electron chi connectivity index (χ1n) is 8.88. The highest BCUT2D eigenvalue weighted by atomic mass is 32.1. The van der Waals surface area contributed by atoms with E-state index >= 15 is 0 Å². The molecule has 0 unspecified atom stereocenters. The predicted octanol–water partition coefficient (Wildman–Crippen LogP) is 5.72. The molecular weight excluding hydrogens is 404 g/mol. The molecule has 0 aliphatic carbocycles. The lowest BCUT2D eigenvalue weighted by Gasteiger charge is -2.00. The molecular formula is C22H18N2O3S2. The van der Waals surface area contributed by atoms with Crippen molar-refractivity contribution in [3.05, 3.63) is 81.8 Å². The number of nitrogens with one attached hydrogen (secondary N) is 1. The zero-order valence-corrected chi connectivity index (χ0v) is 17.3. The highest BCUT2D eigenvalue weighted by molar-refractivity contribution is 7.14. The number of anilines is 1. The Hall–Kier alpha value is -3.16. The van der Waals surface area contributed by atoms with Crippen LogP contribution in [0.4, 0.5) is 5.13 Å². The topological polar surface area (TPSA) is 64.4 Å². The summed E-state index contributed by atoms with van der Waals surface area (Å²) in [5.74, 6) is 1.51. The van der Waals surface area contributed by atoms with Crippen LogP contribution in [0.25, 0.3) is 17.3 Å². The Morgan fingerprint density at radius 1 is 1.21 bits per heavy atom. The zero-order chi connectivity index (χ0) is 20.1. The van der Waals surface area contributed by atoms with E-state index in [4.69, 9.17) is 9.15 Å². The molecule has 4 rings (SSSR count). The van der Waals surface area contributed by atoms with E-state index in [0.717, 1.165) is 39.6 Å². The molecule has 0 bridgehead atoms. The minimum Gasteiger partial charge on any atom is -0.497 e. The number of thiazole rings is 1. The van der Waals surface area contributed by atoms with Crippen molar-refractivity contribution in [3.63, 3.8) is 0 Å². The van der Waals surface area contributed by atoms with Crippen LogP contribution < -0.4 is 10.1 Å². The van der Waals surface area contributed by atoms with E-state index in [1.165, 1.54) is 17.4 Å². The molecule has 4 aromatic rings. The molecule has 1 N–H and O–H groups in total. The second-order valence-corrected chi connectivity index (χ2v) is 8.00. The van der Waals surface area contributed by atoms with Crippen molar-refractivity contribution in [2.75, 3.05) is 12.4 Å². The predicted molar refractivity (Wildman–Crippen MR) is 118 cm³/mol. The summed E-state index contributed by atoms with van der Waals surface area (Å²) >= 11 is 2.99. The molecule has 0 aliphatic heterocycles. The van der Waals surface area contributed by atoms with Crippen LogP contribution in [0.1, 0.15) is 16.2 Å². The van der Waals surface area contributed by atoms with Crippen molar-refractivity contribution in [2.24, 2.45) is 0 Å². The van der Waals surface area contributed by atoms with Gasteiger partial charge in [-0.2, -0.15) is 0 Å². The van der Waals surface area contributed by atoms with Crippen molar-refractivity contribution in [1.82, 2.24) is 4.98 Å². The monoisotopic (exact) mass is 422 g/mol. The van der Waals surface area contributed by atoms with Gasteiger partial charge in [0.15, 0.2) is 5.13 Å². The number of rotatable bonds is 7. The van der Waals surface area contributed by atoms with Crippen LogP contribution in [0.2, 0.25) is 0 Å². The molecule has 0 atom stereocenters. The van der Waals surface area contributed by atoms with Crippen LogP contribution in [0.3, 0.4) is 0 Å². The van der Waals surface area contributed by atoms with E-state index in [-0.39, 0.29) is 5.91 Å². The lowest BCUT2D eigenvalue weighted by atomic mass is 10.2. The molecule has 0 saturated heterocycles. The summed E-state index contributed by atoms with van der Waals surface area (Å²) in [6.07, 6.45) is 5.75. The van der Waals surface area contributed by atoms with E-state index in [0.29, 0.717) is 5.13 Å². The number of nitrogens with zero attached hydrogens (tertiary/aromatic N) is 1. The van der Waals surface area contributed by atoms with Gasteiger partial charge in [0.2, 0.25) is 5.91 Å². The third-order valence-electron chi connectivity index (χ3n) is 4.15. The van der Waals surface area contributed by atoms with E-state index in [1.54, 1.807) is 24.7 Å². The van der Waals surface area contributed by atoms with E-state index in [9.17, 15) is 4.79 Å². The van der Waals surface area contributed by atoms with Gasteiger partial charge >= 0.3 is 0 Å². The summed E-state index contributed by atoms with van der Waals surface area (Å²) in [5.41, 5.74) is 2.95. The van der Waals surface area contributed by atoms with Crippen LogP contribution in [0.5, 0.6) is 5.75 Å². The first-order valence-corrected chi connectivity index (χ1v) is 10.6. The average Bonchev–Trinajstić information content (AvgIpc) is 3.50. The standard InChI is InChI=1S/C22H18N2O3S2/c1-26-17-6-4-16(5-7-17)20-14-29-22(23-20)24-21(25)9-8-19-12-15(13-28-19)11-18-3-2-10-27-18/h2-10,12-14H,11H2,1H3,(H,23,24,25). The van der Waals surface area contributed by atoms with Gasteiger partial charge in [0, 0.05) is 28.3 Å². The molecule has 0 saturated carbocycles. The van der Waals surface area contributed by atoms with Gasteiger partial charge in [-0.1, -0.05) is 0 Å². The molecule has 29 heavy (non-hydrogen) atoms. The van der Waals surface area contributed by atoms with Gasteiger partial charge in [0.25, 0.3) is 0 Å². The molecule has 7 heteroatoms. The molecule has 0 spiro atoms. The molecule has 3 heterocycles. The Bertz CT molecular complexity index is 1110. The van der Waals surface area contributed by atoms with Gasteiger partial charge in [-0.15, -0.1) is 22.7 Å². The molecule has 1 aromatic carbocycles. The smallest absolute Gasteiger partial charge is 0.250 e. The molecule has 1 amide bonds. The van der Waals surface area contributed by atoms with Crippen molar-refractivity contribution >= 4 is 39.8 Å². The zero-order valence-electron chi connectivity index (χ0n) is 15.6. The van der Waals surface area contributed by atoms with Crippen LogP contribution in [-0.2, 0) is 11.2 Å². The van der Waals surface area contributed by atoms with Crippen LogP contribution in [0, 0.1) is 0 Å². The van der Waals surface area contributed by atoms with E-state index in [1.807, 2.05) is 47.9 Å². The number of ether oxygens (including phenoxy) is 1. The quantitative estimate of drug-likeness (QED) is 0.387. The lowest BCUT2D eigenvalue weighted by molar-refractivity contribution is -0.111. The van der Waals surface area contributed by atoms with Crippen LogP contribution >= 0.6 is 22.7 Å². The Morgan fingerprint density at radius 2 is 2.07 bits per heavy atom. The fourth-order valence-corrected chi connectivity index (χ4v) is 4.25. The molecule has 0 radical (unpaired) electrons. The molecule has 146 valence electrons. The minimum absolute atomic E-state index is 0.207. The van der Waals surface area contributed by atoms with Gasteiger partial charge in [-0.05, 0) is 59.5 Å². The third-order valence-corrected chi connectivity index (χ3v) is 5.86. The van der Waals surface area contributed by atoms with Crippen LogP contribution in [0.15, 0.2) is 70.0 Å². The summed E-state index contributed by atoms with van der Waals surface area (Å²) in [7, 11) is 1.63. The van der Waals surface area contributed by atoms with Gasteiger partial charge in [-0.3, -0.25) is 10.1 Å². The Labute approximate surface area is 176 Å². The van der Waals surface area contributed by atoms with Gasteiger partial charge in [0.05, 0.1) is 19.1 Å². The number of carbonyl (C=O) groups is 1. The number of hydrogen-bond acceptors (Lipinski definition) is 6. The van der Waals surface area contributed by atoms with Crippen molar-refractivity contribution in [3.8, 4) is 17.0 Å². The molecule has 3 aromatic heterocycles. The molecule has 0 fully saturated rings. The van der Waals surface area contributed by atoms with Crippen molar-refractivity contribution in [1.29, 1.82) is 0 Å². The maximum absolute atomic E-state index is 12.2. The molecule has 0 aliphatic rings. The largest absolute Gasteiger partial charge is 0.497 e. The Balaban J connectivity index is 1.35. The maximum Gasteiger partial charge on any atom is 0.250 e.